The fourth-order valence-corrected chi connectivity index (χ4v) is 2.46. The van der Waals surface area contributed by atoms with Gasteiger partial charge in [-0.3, -0.25) is 4.79 Å². The summed E-state index contributed by atoms with van der Waals surface area (Å²) in [6, 6.07) is 17.0. The van der Waals surface area contributed by atoms with E-state index in [2.05, 4.69) is 15.6 Å². The summed E-state index contributed by atoms with van der Waals surface area (Å²) in [7, 11) is 0. The third kappa shape index (κ3) is 6.27. The first kappa shape index (κ1) is 18.7. The summed E-state index contributed by atoms with van der Waals surface area (Å²) in [5.41, 5.74) is 1.76. The smallest absolute Gasteiger partial charge is 0.244 e. The van der Waals surface area contributed by atoms with Gasteiger partial charge in [0.2, 0.25) is 5.91 Å². The molecule has 0 saturated heterocycles. The zero-order chi connectivity index (χ0) is 18.9. The molecule has 1 heterocycles. The van der Waals surface area contributed by atoms with Crippen molar-refractivity contribution in [2.75, 3.05) is 13.2 Å². The molecule has 27 heavy (non-hydrogen) atoms. The van der Waals surface area contributed by atoms with Gasteiger partial charge in [-0.15, -0.1) is 5.10 Å². The van der Waals surface area contributed by atoms with Crippen molar-refractivity contribution in [3.8, 4) is 5.75 Å². The number of benzene rings is 2. The third-order valence-corrected chi connectivity index (χ3v) is 3.88. The largest absolute Gasteiger partial charge is 0.492 e. The standard InChI is InChI=1S/C20H19ClN4O2/c21-17-6-9-19(10-7-17)27-13-12-22-20(26)11-8-18-15-25(24-23-18)14-16-4-2-1-3-5-16/h1-11,15H,12-14H2,(H,22,26)/b11-8+. The Morgan fingerprint density at radius 2 is 1.93 bits per heavy atom. The van der Waals surface area contributed by atoms with Crippen molar-refractivity contribution in [2.45, 2.75) is 6.54 Å². The van der Waals surface area contributed by atoms with Crippen molar-refractivity contribution >= 4 is 23.6 Å². The molecule has 0 aliphatic rings. The highest BCUT2D eigenvalue weighted by Crippen LogP contribution is 2.15. The van der Waals surface area contributed by atoms with Crippen molar-refractivity contribution in [2.24, 2.45) is 0 Å². The van der Waals surface area contributed by atoms with Crippen LogP contribution in [0.25, 0.3) is 6.08 Å². The van der Waals surface area contributed by atoms with Crippen LogP contribution in [-0.2, 0) is 11.3 Å². The van der Waals surface area contributed by atoms with Crippen molar-refractivity contribution in [3.63, 3.8) is 0 Å². The molecule has 0 aliphatic heterocycles. The van der Waals surface area contributed by atoms with E-state index in [9.17, 15) is 4.79 Å². The Morgan fingerprint density at radius 1 is 1.15 bits per heavy atom. The number of carbonyl (C=O) groups is 1. The molecule has 138 valence electrons. The van der Waals surface area contributed by atoms with E-state index in [1.807, 2.05) is 30.3 Å². The van der Waals surface area contributed by atoms with Crippen LogP contribution in [0.3, 0.4) is 0 Å². The monoisotopic (exact) mass is 382 g/mol. The van der Waals surface area contributed by atoms with Gasteiger partial charge in [-0.05, 0) is 35.9 Å². The van der Waals surface area contributed by atoms with Crippen LogP contribution in [0.5, 0.6) is 5.75 Å². The van der Waals surface area contributed by atoms with Crippen LogP contribution in [-0.4, -0.2) is 34.1 Å². The van der Waals surface area contributed by atoms with Gasteiger partial charge in [0, 0.05) is 11.1 Å². The fraction of sp³-hybridized carbons (Fsp3) is 0.150. The zero-order valence-electron chi connectivity index (χ0n) is 14.6. The van der Waals surface area contributed by atoms with Gasteiger partial charge < -0.3 is 10.1 Å². The number of aromatic nitrogens is 3. The van der Waals surface area contributed by atoms with Crippen LogP contribution in [0.4, 0.5) is 0 Å². The van der Waals surface area contributed by atoms with E-state index < -0.39 is 0 Å². The zero-order valence-corrected chi connectivity index (χ0v) is 15.3. The van der Waals surface area contributed by atoms with Gasteiger partial charge in [0.15, 0.2) is 0 Å². The van der Waals surface area contributed by atoms with Gasteiger partial charge in [0.05, 0.1) is 19.3 Å². The van der Waals surface area contributed by atoms with Gasteiger partial charge in [-0.25, -0.2) is 4.68 Å². The maximum absolute atomic E-state index is 11.8. The summed E-state index contributed by atoms with van der Waals surface area (Å²) >= 11 is 5.81. The highest BCUT2D eigenvalue weighted by molar-refractivity contribution is 6.30. The number of nitrogens with one attached hydrogen (secondary N) is 1. The van der Waals surface area contributed by atoms with Crippen molar-refractivity contribution in [1.29, 1.82) is 0 Å². The van der Waals surface area contributed by atoms with Crippen LogP contribution in [0.1, 0.15) is 11.3 Å². The van der Waals surface area contributed by atoms with Crippen molar-refractivity contribution in [3.05, 3.63) is 83.2 Å². The molecule has 1 amide bonds. The molecule has 0 spiro atoms. The van der Waals surface area contributed by atoms with E-state index in [1.165, 1.54) is 6.08 Å². The second-order valence-electron chi connectivity index (χ2n) is 5.75. The van der Waals surface area contributed by atoms with E-state index in [4.69, 9.17) is 16.3 Å². The minimum atomic E-state index is -0.215. The predicted molar refractivity (Wildman–Crippen MR) is 105 cm³/mol. The molecule has 0 radical (unpaired) electrons. The number of hydrogen-bond acceptors (Lipinski definition) is 4. The van der Waals surface area contributed by atoms with Crippen LogP contribution in [0, 0.1) is 0 Å². The first-order chi connectivity index (χ1) is 13.2. The summed E-state index contributed by atoms with van der Waals surface area (Å²) in [6.07, 6.45) is 4.85. The summed E-state index contributed by atoms with van der Waals surface area (Å²) in [4.78, 5) is 11.8. The number of nitrogens with zero attached hydrogens (tertiary/aromatic N) is 3. The number of carbonyl (C=O) groups excluding carboxylic acids is 1. The van der Waals surface area contributed by atoms with E-state index in [1.54, 1.807) is 41.2 Å². The fourth-order valence-electron chi connectivity index (χ4n) is 2.33. The van der Waals surface area contributed by atoms with Gasteiger partial charge in [-0.1, -0.05) is 47.1 Å². The number of amides is 1. The Kier molecular flexibility index (Phi) is 6.60. The molecule has 0 aliphatic carbocycles. The number of hydrogen-bond donors (Lipinski definition) is 1. The van der Waals surface area contributed by atoms with Crippen LogP contribution < -0.4 is 10.1 Å². The van der Waals surface area contributed by atoms with E-state index in [0.717, 1.165) is 5.56 Å². The maximum atomic E-state index is 11.8. The average molecular weight is 383 g/mol. The average Bonchev–Trinajstić information content (AvgIpc) is 3.13. The van der Waals surface area contributed by atoms with Gasteiger partial charge in [0.25, 0.3) is 0 Å². The highest BCUT2D eigenvalue weighted by atomic mass is 35.5. The molecule has 3 aromatic rings. The maximum Gasteiger partial charge on any atom is 0.244 e. The highest BCUT2D eigenvalue weighted by Gasteiger charge is 2.01. The van der Waals surface area contributed by atoms with Crippen LogP contribution in [0.15, 0.2) is 66.9 Å². The van der Waals surface area contributed by atoms with E-state index in [-0.39, 0.29) is 5.91 Å². The lowest BCUT2D eigenvalue weighted by Gasteiger charge is -2.06. The third-order valence-electron chi connectivity index (χ3n) is 3.63. The molecule has 1 aromatic heterocycles. The Bertz CT molecular complexity index is 892. The van der Waals surface area contributed by atoms with Crippen LogP contribution in [0.2, 0.25) is 5.02 Å². The Balaban J connectivity index is 1.40. The molecular weight excluding hydrogens is 364 g/mol. The Labute approximate surface area is 162 Å². The topological polar surface area (TPSA) is 69.0 Å². The molecule has 0 bridgehead atoms. The lowest BCUT2D eigenvalue weighted by Crippen LogP contribution is -2.26. The van der Waals surface area contributed by atoms with Gasteiger partial charge in [-0.2, -0.15) is 0 Å². The molecular formula is C20H19ClN4O2. The summed E-state index contributed by atoms with van der Waals surface area (Å²) < 4.78 is 7.24. The molecule has 0 fully saturated rings. The van der Waals surface area contributed by atoms with Gasteiger partial charge in [0.1, 0.15) is 18.1 Å². The second-order valence-corrected chi connectivity index (χ2v) is 6.19. The van der Waals surface area contributed by atoms with Crippen LogP contribution >= 0.6 is 11.6 Å². The molecule has 2 aromatic carbocycles. The minimum absolute atomic E-state index is 0.215. The van der Waals surface area contributed by atoms with E-state index in [0.29, 0.717) is 36.2 Å². The molecule has 0 saturated carbocycles. The lowest BCUT2D eigenvalue weighted by molar-refractivity contribution is -0.116. The number of rotatable bonds is 8. The normalized spacial score (nSPS) is 10.9. The Hall–Kier alpha value is -3.12. The Morgan fingerprint density at radius 3 is 2.70 bits per heavy atom. The first-order valence-electron chi connectivity index (χ1n) is 8.47. The predicted octanol–water partition coefficient (Wildman–Crippen LogP) is 3.19. The molecule has 7 heteroatoms. The quantitative estimate of drug-likeness (QED) is 0.480. The summed E-state index contributed by atoms with van der Waals surface area (Å²) in [6.45, 7) is 1.40. The SMILES string of the molecule is O=C(/C=C/c1cn(Cc2ccccc2)nn1)NCCOc1ccc(Cl)cc1. The lowest BCUT2D eigenvalue weighted by atomic mass is 10.2. The molecule has 1 N–H and O–H groups in total. The first-order valence-corrected chi connectivity index (χ1v) is 8.85. The minimum Gasteiger partial charge on any atom is -0.492 e. The summed E-state index contributed by atoms with van der Waals surface area (Å²) in [5, 5.41) is 11.5. The van der Waals surface area contributed by atoms with Crippen molar-refractivity contribution < 1.29 is 9.53 Å². The number of halogens is 1. The van der Waals surface area contributed by atoms with Gasteiger partial charge >= 0.3 is 0 Å². The molecule has 0 atom stereocenters. The van der Waals surface area contributed by atoms with E-state index >= 15 is 0 Å². The van der Waals surface area contributed by atoms with Crippen molar-refractivity contribution in [1.82, 2.24) is 20.3 Å². The molecule has 3 rings (SSSR count). The molecule has 0 unspecified atom stereocenters. The number of ether oxygens (including phenoxy) is 1. The summed E-state index contributed by atoms with van der Waals surface area (Å²) in [5.74, 6) is 0.492. The molecule has 6 nitrogen and oxygen atoms in total. The second kappa shape index (κ2) is 9.54.